The number of aliphatic carboxylic acids is 1. The summed E-state index contributed by atoms with van der Waals surface area (Å²) in [7, 11) is 0. The third-order valence-corrected chi connectivity index (χ3v) is 3.53. The number of carbonyl (C=O) groups excluding carboxylic acids is 1. The van der Waals surface area contributed by atoms with Gasteiger partial charge in [0.05, 0.1) is 6.20 Å². The van der Waals surface area contributed by atoms with E-state index < -0.39 is 12.0 Å². The predicted octanol–water partition coefficient (Wildman–Crippen LogP) is -0.693. The lowest BCUT2D eigenvalue weighted by molar-refractivity contribution is -0.149. The number of thioether (sulfide) groups is 1. The molecule has 1 atom stereocenters. The maximum absolute atomic E-state index is 11.9. The Labute approximate surface area is 102 Å². The van der Waals surface area contributed by atoms with Crippen molar-refractivity contribution in [3.05, 3.63) is 12.4 Å². The number of rotatable bonds is 3. The number of amides is 1. The minimum atomic E-state index is -0.954. The van der Waals surface area contributed by atoms with Gasteiger partial charge in [-0.25, -0.2) is 9.48 Å². The van der Waals surface area contributed by atoms with Crippen LogP contribution < -0.4 is 0 Å². The summed E-state index contributed by atoms with van der Waals surface area (Å²) in [6.07, 6.45) is 3.06. The zero-order valence-electron chi connectivity index (χ0n) is 9.02. The molecule has 92 valence electrons. The van der Waals surface area contributed by atoms with Crippen LogP contribution in [0, 0.1) is 0 Å². The fraction of sp³-hybridized carbons (Fsp3) is 0.556. The van der Waals surface area contributed by atoms with Crippen LogP contribution in [0.4, 0.5) is 0 Å². The van der Waals surface area contributed by atoms with E-state index in [9.17, 15) is 9.59 Å². The van der Waals surface area contributed by atoms with Crippen LogP contribution in [-0.2, 0) is 16.1 Å². The predicted molar refractivity (Wildman–Crippen MR) is 60.5 cm³/mol. The summed E-state index contributed by atoms with van der Waals surface area (Å²) >= 11 is 1.55. The van der Waals surface area contributed by atoms with Crippen molar-refractivity contribution in [1.82, 2.24) is 19.9 Å². The first-order valence-corrected chi connectivity index (χ1v) is 6.28. The number of carboxylic acids is 1. The number of carbonyl (C=O) groups is 2. The topological polar surface area (TPSA) is 88.3 Å². The van der Waals surface area contributed by atoms with Crippen LogP contribution in [0.15, 0.2) is 12.4 Å². The zero-order valence-corrected chi connectivity index (χ0v) is 9.84. The highest BCUT2D eigenvalue weighted by Gasteiger charge is 2.32. The second-order valence-corrected chi connectivity index (χ2v) is 4.77. The van der Waals surface area contributed by atoms with Gasteiger partial charge in [0, 0.05) is 24.2 Å². The molecule has 1 fully saturated rings. The Kier molecular flexibility index (Phi) is 3.62. The molecule has 0 aliphatic carbocycles. The Morgan fingerprint density at radius 1 is 1.53 bits per heavy atom. The maximum Gasteiger partial charge on any atom is 0.327 e. The molecule has 1 aliphatic rings. The molecule has 2 heterocycles. The summed E-state index contributed by atoms with van der Waals surface area (Å²) in [5.74, 6) is 0.0260. The van der Waals surface area contributed by atoms with Gasteiger partial charge in [-0.2, -0.15) is 11.8 Å². The van der Waals surface area contributed by atoms with Crippen LogP contribution in [0.25, 0.3) is 0 Å². The smallest absolute Gasteiger partial charge is 0.327 e. The van der Waals surface area contributed by atoms with E-state index in [4.69, 9.17) is 5.11 Å². The molecule has 1 aliphatic heterocycles. The maximum atomic E-state index is 11.9. The number of nitrogens with zero attached hydrogens (tertiary/aromatic N) is 4. The van der Waals surface area contributed by atoms with Crippen LogP contribution in [0.2, 0.25) is 0 Å². The third-order valence-electron chi connectivity index (χ3n) is 2.50. The Morgan fingerprint density at radius 3 is 3.00 bits per heavy atom. The second-order valence-electron chi connectivity index (χ2n) is 3.62. The highest BCUT2D eigenvalue weighted by molar-refractivity contribution is 7.99. The first-order chi connectivity index (χ1) is 8.18. The minimum absolute atomic E-state index is 0.0362. The molecule has 1 N–H and O–H groups in total. The number of hydrogen-bond donors (Lipinski definition) is 1. The fourth-order valence-corrected chi connectivity index (χ4v) is 2.69. The van der Waals surface area contributed by atoms with E-state index in [0.717, 1.165) is 5.75 Å². The molecule has 0 bridgehead atoms. The standard InChI is InChI=1S/C9H12N4O3S/c14-8(5-12-2-1-10-11-12)13-3-4-17-6-7(13)9(15)16/h1-2,7H,3-6H2,(H,15,16). The first-order valence-electron chi connectivity index (χ1n) is 5.12. The van der Waals surface area contributed by atoms with Crippen molar-refractivity contribution in [1.29, 1.82) is 0 Å². The average Bonchev–Trinajstić information content (AvgIpc) is 2.81. The number of hydrogen-bond acceptors (Lipinski definition) is 5. The highest BCUT2D eigenvalue weighted by Crippen LogP contribution is 2.17. The van der Waals surface area contributed by atoms with Crippen molar-refractivity contribution >= 4 is 23.6 Å². The quantitative estimate of drug-likeness (QED) is 0.770. The van der Waals surface area contributed by atoms with Crippen molar-refractivity contribution in [2.75, 3.05) is 18.1 Å². The monoisotopic (exact) mass is 256 g/mol. The van der Waals surface area contributed by atoms with Crippen LogP contribution in [-0.4, -0.2) is 61.0 Å². The van der Waals surface area contributed by atoms with Gasteiger partial charge >= 0.3 is 5.97 Å². The average molecular weight is 256 g/mol. The zero-order chi connectivity index (χ0) is 12.3. The summed E-state index contributed by atoms with van der Waals surface area (Å²) in [6.45, 7) is 0.504. The van der Waals surface area contributed by atoms with Gasteiger partial charge in [0.2, 0.25) is 5.91 Å². The lowest BCUT2D eigenvalue weighted by atomic mass is 10.2. The van der Waals surface area contributed by atoms with E-state index >= 15 is 0 Å². The lowest BCUT2D eigenvalue weighted by Gasteiger charge is -2.32. The molecular weight excluding hydrogens is 244 g/mol. The van der Waals surface area contributed by atoms with E-state index in [0.29, 0.717) is 12.3 Å². The Morgan fingerprint density at radius 2 is 2.35 bits per heavy atom. The molecule has 0 saturated carbocycles. The molecular formula is C9H12N4O3S. The molecule has 1 unspecified atom stereocenters. The summed E-state index contributed by atoms with van der Waals surface area (Å²) < 4.78 is 1.39. The Balaban J connectivity index is 2.03. The van der Waals surface area contributed by atoms with Gasteiger partial charge in [0.25, 0.3) is 0 Å². The number of carboxylic acid groups (broad SMARTS) is 1. The van der Waals surface area contributed by atoms with Crippen LogP contribution in [0.5, 0.6) is 0 Å². The summed E-state index contributed by atoms with van der Waals surface area (Å²) in [4.78, 5) is 24.4. The van der Waals surface area contributed by atoms with Crippen LogP contribution in [0.1, 0.15) is 0 Å². The molecule has 1 aromatic heterocycles. The Bertz CT molecular complexity index is 408. The fourth-order valence-electron chi connectivity index (χ4n) is 1.65. The number of aromatic nitrogens is 3. The molecule has 2 rings (SSSR count). The van der Waals surface area contributed by atoms with E-state index in [1.165, 1.54) is 15.8 Å². The van der Waals surface area contributed by atoms with Crippen molar-refractivity contribution in [3.63, 3.8) is 0 Å². The summed E-state index contributed by atoms with van der Waals surface area (Å²) in [5, 5.41) is 16.3. The molecule has 0 spiro atoms. The van der Waals surface area contributed by atoms with Crippen molar-refractivity contribution in [2.45, 2.75) is 12.6 Å². The van der Waals surface area contributed by atoms with Gasteiger partial charge < -0.3 is 10.0 Å². The van der Waals surface area contributed by atoms with E-state index in [1.54, 1.807) is 18.0 Å². The SMILES string of the molecule is O=C(O)C1CSCCN1C(=O)Cn1ccnn1. The molecule has 0 radical (unpaired) electrons. The third kappa shape index (κ3) is 2.76. The molecule has 0 aromatic carbocycles. The van der Waals surface area contributed by atoms with Crippen LogP contribution in [0.3, 0.4) is 0 Å². The summed E-state index contributed by atoms with van der Waals surface area (Å²) in [6, 6.07) is -0.732. The molecule has 8 heteroatoms. The molecule has 1 amide bonds. The lowest BCUT2D eigenvalue weighted by Crippen LogP contribution is -2.51. The molecule has 1 aromatic rings. The van der Waals surface area contributed by atoms with Gasteiger partial charge in [0.15, 0.2) is 0 Å². The van der Waals surface area contributed by atoms with E-state index in [-0.39, 0.29) is 12.5 Å². The largest absolute Gasteiger partial charge is 0.480 e. The van der Waals surface area contributed by atoms with Crippen molar-refractivity contribution in [3.8, 4) is 0 Å². The minimum Gasteiger partial charge on any atom is -0.480 e. The Hall–Kier alpha value is -1.57. The van der Waals surface area contributed by atoms with Gasteiger partial charge in [0.1, 0.15) is 12.6 Å². The van der Waals surface area contributed by atoms with Gasteiger partial charge in [-0.1, -0.05) is 5.21 Å². The normalized spacial score (nSPS) is 20.2. The highest BCUT2D eigenvalue weighted by atomic mass is 32.2. The molecule has 1 saturated heterocycles. The van der Waals surface area contributed by atoms with E-state index in [2.05, 4.69) is 10.3 Å². The van der Waals surface area contributed by atoms with E-state index in [1.807, 2.05) is 0 Å². The first kappa shape index (κ1) is 11.9. The van der Waals surface area contributed by atoms with Gasteiger partial charge in [-0.3, -0.25) is 4.79 Å². The van der Waals surface area contributed by atoms with Gasteiger partial charge in [-0.15, -0.1) is 5.10 Å². The van der Waals surface area contributed by atoms with Crippen molar-refractivity contribution < 1.29 is 14.7 Å². The van der Waals surface area contributed by atoms with Gasteiger partial charge in [-0.05, 0) is 0 Å². The second kappa shape index (κ2) is 5.17. The molecule has 17 heavy (non-hydrogen) atoms. The molecule has 7 nitrogen and oxygen atoms in total. The van der Waals surface area contributed by atoms with Crippen LogP contribution >= 0.6 is 11.8 Å². The van der Waals surface area contributed by atoms with Crippen molar-refractivity contribution in [2.24, 2.45) is 0 Å². The summed E-state index contributed by atoms with van der Waals surface area (Å²) in [5.41, 5.74) is 0.